The molecule has 10 rings (SSSR count). The number of hydrogen-bond donors (Lipinski definition) is 2. The maximum atomic E-state index is 10.6. The number of hydrogen-bond acceptors (Lipinski definition) is 3. The van der Waals surface area contributed by atoms with E-state index in [-0.39, 0.29) is 0 Å². The molecule has 1 aliphatic rings. The number of benzene rings is 8. The summed E-state index contributed by atoms with van der Waals surface area (Å²) < 4.78 is 9.00. The van der Waals surface area contributed by atoms with E-state index in [4.69, 9.17) is 4.74 Å². The van der Waals surface area contributed by atoms with Gasteiger partial charge in [-0.3, -0.25) is 0 Å². The molecular weight excluding hydrogens is 653 g/mol. The fraction of sp³-hybridized carbons (Fsp3) is 0. The molecule has 0 saturated carbocycles. The summed E-state index contributed by atoms with van der Waals surface area (Å²) in [5.41, 5.74) is 6.05. The number of nitrogens with zero attached hydrogens (tertiary/aromatic N) is 1. The predicted octanol–water partition coefficient (Wildman–Crippen LogP) is 6.77. The SMILES string of the molecule is OB(O)c1cccc2c1Oc1ccccc1[Si]2(c1ccc(-c2cccc3ccccc23)cc1)c1cccc(-n2c3ccccc3c3ccccc32)c1. The fourth-order valence-electron chi connectivity index (χ4n) is 8.53. The molecule has 0 radical (unpaired) electrons. The van der Waals surface area contributed by atoms with Crippen molar-refractivity contribution in [2.24, 2.45) is 0 Å². The lowest BCUT2D eigenvalue weighted by molar-refractivity contribution is 0.421. The summed E-state index contributed by atoms with van der Waals surface area (Å²) in [6.07, 6.45) is 0. The highest BCUT2D eigenvalue weighted by Crippen LogP contribution is 2.34. The van der Waals surface area contributed by atoms with Crippen molar-refractivity contribution in [1.29, 1.82) is 0 Å². The average molecular weight is 686 g/mol. The van der Waals surface area contributed by atoms with Crippen molar-refractivity contribution in [2.45, 2.75) is 0 Å². The first kappa shape index (κ1) is 30.6. The van der Waals surface area contributed by atoms with Gasteiger partial charge in [0.15, 0.2) is 8.07 Å². The number of rotatable bonds is 5. The van der Waals surface area contributed by atoms with Crippen LogP contribution in [0.25, 0.3) is 49.4 Å². The van der Waals surface area contributed by atoms with Crippen LogP contribution in [0.4, 0.5) is 0 Å². The Morgan fingerprint density at radius 2 is 1.12 bits per heavy atom. The van der Waals surface area contributed by atoms with Gasteiger partial charge in [0.1, 0.15) is 11.5 Å². The average Bonchev–Trinajstić information content (AvgIpc) is 3.54. The normalized spacial score (nSPS) is 15.0. The van der Waals surface area contributed by atoms with Crippen molar-refractivity contribution in [3.8, 4) is 28.3 Å². The third kappa shape index (κ3) is 4.49. The van der Waals surface area contributed by atoms with Crippen LogP contribution in [-0.2, 0) is 0 Å². The Morgan fingerprint density at radius 1 is 0.500 bits per heavy atom. The van der Waals surface area contributed by atoms with Crippen molar-refractivity contribution >= 4 is 74.0 Å². The van der Waals surface area contributed by atoms with E-state index in [2.05, 4.69) is 162 Å². The largest absolute Gasteiger partial charge is 0.492 e. The molecule has 0 saturated heterocycles. The van der Waals surface area contributed by atoms with Gasteiger partial charge in [0.25, 0.3) is 0 Å². The molecule has 0 fully saturated rings. The van der Waals surface area contributed by atoms with E-state index in [1.807, 2.05) is 18.2 Å². The summed E-state index contributed by atoms with van der Waals surface area (Å²) in [5.74, 6) is 1.25. The van der Waals surface area contributed by atoms with E-state index in [1.165, 1.54) is 37.5 Å². The van der Waals surface area contributed by atoms with Crippen LogP contribution in [0.5, 0.6) is 11.5 Å². The van der Waals surface area contributed by atoms with Gasteiger partial charge in [0.2, 0.25) is 0 Å². The zero-order chi connectivity index (χ0) is 34.8. The summed E-state index contributed by atoms with van der Waals surface area (Å²) >= 11 is 0. The molecule has 2 heterocycles. The van der Waals surface area contributed by atoms with Crippen molar-refractivity contribution in [2.75, 3.05) is 0 Å². The molecule has 0 bridgehead atoms. The molecule has 1 aliphatic heterocycles. The smallest absolute Gasteiger partial charge is 0.458 e. The standard InChI is InChI=1S/C46H32BNO3Si/c49-47(50)40-20-11-25-45-46(40)51-43-23-7-8-24-44(43)52(45,34-28-26-32(27-29-34)37-19-9-13-31-12-1-2-16-36(31)37)35-15-10-14-33(30-35)48-41-21-5-3-17-38(41)39-18-4-6-22-42(39)48/h1-30,49-50H. The lowest BCUT2D eigenvalue weighted by atomic mass is 9.79. The Labute approximate surface area is 302 Å². The fourth-order valence-corrected chi connectivity index (χ4v) is 13.5. The molecule has 1 unspecified atom stereocenters. The minimum Gasteiger partial charge on any atom is -0.458 e. The third-order valence-electron chi connectivity index (χ3n) is 10.8. The van der Waals surface area contributed by atoms with Crippen LogP contribution in [0.1, 0.15) is 0 Å². The molecule has 1 atom stereocenters. The molecule has 4 nitrogen and oxygen atoms in total. The molecule has 6 heteroatoms. The quantitative estimate of drug-likeness (QED) is 0.197. The van der Waals surface area contributed by atoms with Gasteiger partial charge in [0.05, 0.1) is 11.0 Å². The van der Waals surface area contributed by atoms with E-state index in [0.717, 1.165) is 38.4 Å². The van der Waals surface area contributed by atoms with Crippen LogP contribution in [0.3, 0.4) is 0 Å². The minimum absolute atomic E-state index is 0.356. The van der Waals surface area contributed by atoms with Crippen LogP contribution in [0.15, 0.2) is 182 Å². The zero-order valence-electron chi connectivity index (χ0n) is 28.1. The first-order valence-corrected chi connectivity index (χ1v) is 19.6. The van der Waals surface area contributed by atoms with Crippen molar-refractivity contribution in [3.63, 3.8) is 0 Å². The first-order chi connectivity index (χ1) is 25.6. The van der Waals surface area contributed by atoms with Gasteiger partial charge in [-0.15, -0.1) is 0 Å². The molecule has 9 aromatic rings. The van der Waals surface area contributed by atoms with Crippen molar-refractivity contribution < 1.29 is 14.8 Å². The Bertz CT molecular complexity index is 2770. The Hall–Kier alpha value is -6.18. The van der Waals surface area contributed by atoms with Gasteiger partial charge >= 0.3 is 7.12 Å². The zero-order valence-corrected chi connectivity index (χ0v) is 29.1. The molecule has 2 N–H and O–H groups in total. The van der Waals surface area contributed by atoms with Crippen LogP contribution in [0.2, 0.25) is 0 Å². The molecule has 8 aromatic carbocycles. The molecular formula is C46H32BNO3Si. The van der Waals surface area contributed by atoms with E-state index in [9.17, 15) is 10.0 Å². The summed E-state index contributed by atoms with van der Waals surface area (Å²) in [5, 5.41) is 30.6. The lowest BCUT2D eigenvalue weighted by Gasteiger charge is -2.40. The second-order valence-corrected chi connectivity index (χ2v) is 17.2. The summed E-state index contributed by atoms with van der Waals surface area (Å²) in [6.45, 7) is 0. The van der Waals surface area contributed by atoms with Crippen LogP contribution >= 0.6 is 0 Å². The highest BCUT2D eigenvalue weighted by Gasteiger charge is 2.49. The predicted molar refractivity (Wildman–Crippen MR) is 217 cm³/mol. The molecule has 246 valence electrons. The van der Waals surface area contributed by atoms with Gasteiger partial charge in [-0.25, -0.2) is 0 Å². The Kier molecular flexibility index (Phi) is 7.05. The summed E-state index contributed by atoms with van der Waals surface area (Å²) in [6, 6.07) is 64.2. The van der Waals surface area contributed by atoms with Gasteiger partial charge in [0, 0.05) is 21.9 Å². The number of para-hydroxylation sites is 4. The van der Waals surface area contributed by atoms with E-state index >= 15 is 0 Å². The lowest BCUT2D eigenvalue weighted by Crippen LogP contribution is -2.76. The molecule has 0 amide bonds. The van der Waals surface area contributed by atoms with Crippen LogP contribution in [-0.4, -0.2) is 29.8 Å². The van der Waals surface area contributed by atoms with Crippen molar-refractivity contribution in [3.05, 3.63) is 182 Å². The Morgan fingerprint density at radius 3 is 1.88 bits per heavy atom. The number of fused-ring (bicyclic) bond motifs is 6. The van der Waals surface area contributed by atoms with E-state index in [0.29, 0.717) is 11.2 Å². The highest BCUT2D eigenvalue weighted by molar-refractivity contribution is 7.21. The van der Waals surface area contributed by atoms with Gasteiger partial charge in [-0.1, -0.05) is 152 Å². The van der Waals surface area contributed by atoms with Crippen LogP contribution < -0.4 is 30.9 Å². The van der Waals surface area contributed by atoms with Gasteiger partial charge < -0.3 is 19.4 Å². The van der Waals surface area contributed by atoms with Crippen LogP contribution in [0, 0.1) is 0 Å². The first-order valence-electron chi connectivity index (χ1n) is 17.6. The second-order valence-electron chi connectivity index (χ2n) is 13.5. The second kappa shape index (κ2) is 12.0. The van der Waals surface area contributed by atoms with E-state index in [1.54, 1.807) is 6.07 Å². The molecule has 1 aromatic heterocycles. The topological polar surface area (TPSA) is 54.6 Å². The third-order valence-corrected chi connectivity index (χ3v) is 15.6. The number of ether oxygens (including phenoxy) is 1. The van der Waals surface area contributed by atoms with Gasteiger partial charge in [-0.05, 0) is 73.0 Å². The monoisotopic (exact) mass is 685 g/mol. The minimum atomic E-state index is -3.17. The van der Waals surface area contributed by atoms with E-state index < -0.39 is 15.2 Å². The van der Waals surface area contributed by atoms with Gasteiger partial charge in [-0.2, -0.15) is 0 Å². The van der Waals surface area contributed by atoms with Crippen molar-refractivity contribution in [1.82, 2.24) is 4.57 Å². The molecule has 0 aliphatic carbocycles. The Balaban J connectivity index is 1.27. The summed E-state index contributed by atoms with van der Waals surface area (Å²) in [4.78, 5) is 0. The maximum absolute atomic E-state index is 10.6. The number of aromatic nitrogens is 1. The molecule has 52 heavy (non-hydrogen) atoms. The summed E-state index contributed by atoms with van der Waals surface area (Å²) in [7, 11) is -4.86. The maximum Gasteiger partial charge on any atom is 0.492 e. The molecule has 0 spiro atoms. The highest BCUT2D eigenvalue weighted by atomic mass is 28.3.